The van der Waals surface area contributed by atoms with Gasteiger partial charge in [0, 0.05) is 35.8 Å². The van der Waals surface area contributed by atoms with Gasteiger partial charge in [-0.2, -0.15) is 10.1 Å². The predicted molar refractivity (Wildman–Crippen MR) is 173 cm³/mol. The molecule has 43 heavy (non-hydrogen) atoms. The number of carbonyl (C=O) groups excluding carboxylic acids is 1. The van der Waals surface area contributed by atoms with Crippen molar-refractivity contribution in [3.05, 3.63) is 70.2 Å². The molecule has 12 heteroatoms. The Balaban J connectivity index is 0.000000764. The van der Waals surface area contributed by atoms with Gasteiger partial charge in [0.05, 0.1) is 0 Å². The highest BCUT2D eigenvalue weighted by Crippen LogP contribution is 2.25. The zero-order chi connectivity index (χ0) is 33.1. The van der Waals surface area contributed by atoms with Gasteiger partial charge < -0.3 is 26.2 Å². The highest BCUT2D eigenvalue weighted by molar-refractivity contribution is 7.97. The number of anilines is 2. The van der Waals surface area contributed by atoms with E-state index < -0.39 is 5.56 Å². The summed E-state index contributed by atoms with van der Waals surface area (Å²) in [5.41, 5.74) is 13.2. The number of benzene rings is 1. The molecule has 0 bridgehead atoms. The van der Waals surface area contributed by atoms with Crippen LogP contribution in [0.1, 0.15) is 65.5 Å². The number of aromatic nitrogens is 1. The van der Waals surface area contributed by atoms with Gasteiger partial charge in [0.25, 0.3) is 12.0 Å². The number of allylic oxidation sites excluding steroid dienone is 2. The van der Waals surface area contributed by atoms with Crippen LogP contribution in [0.3, 0.4) is 0 Å². The first kappa shape index (κ1) is 39.1. The quantitative estimate of drug-likeness (QED) is 0.0452. The van der Waals surface area contributed by atoms with Crippen molar-refractivity contribution in [2.45, 2.75) is 85.0 Å². The van der Waals surface area contributed by atoms with E-state index in [9.17, 15) is 14.7 Å². The summed E-state index contributed by atoms with van der Waals surface area (Å²) in [6.45, 7) is 22.1. The Kier molecular flexibility index (Phi) is 19.0. The smallest absolute Gasteiger partial charge is 0.293 e. The molecule has 11 nitrogen and oxygen atoms in total. The van der Waals surface area contributed by atoms with E-state index in [0.717, 1.165) is 22.3 Å². The van der Waals surface area contributed by atoms with Crippen molar-refractivity contribution < 1.29 is 24.4 Å². The summed E-state index contributed by atoms with van der Waals surface area (Å²) in [6.07, 6.45) is 1.22. The molecule has 2 unspecified atom stereocenters. The zero-order valence-electron chi connectivity index (χ0n) is 26.4. The topological polar surface area (TPSA) is 166 Å². The molecular weight excluding hydrogens is 570 g/mol. The summed E-state index contributed by atoms with van der Waals surface area (Å²) >= 11 is 1.54. The zero-order valence-corrected chi connectivity index (χ0v) is 27.2. The summed E-state index contributed by atoms with van der Waals surface area (Å²) in [4.78, 5) is 33.5. The predicted octanol–water partition coefficient (Wildman–Crippen LogP) is 5.71. The maximum absolute atomic E-state index is 11.8. The minimum atomic E-state index is -0.428. The molecule has 2 atom stereocenters. The molecule has 0 spiro atoms. The number of carbonyl (C=O) groups is 1. The van der Waals surface area contributed by atoms with Gasteiger partial charge in [-0.1, -0.05) is 25.5 Å². The second-order valence-corrected chi connectivity index (χ2v) is 11.3. The van der Waals surface area contributed by atoms with Crippen LogP contribution in [-0.4, -0.2) is 45.7 Å². The lowest BCUT2D eigenvalue weighted by molar-refractivity contribution is -0.290. The fourth-order valence-corrected chi connectivity index (χ4v) is 4.35. The van der Waals surface area contributed by atoms with Crippen LogP contribution >= 0.6 is 11.9 Å². The average Bonchev–Trinajstić information content (AvgIpc) is 2.92. The van der Waals surface area contributed by atoms with Crippen molar-refractivity contribution in [3.63, 3.8) is 0 Å². The Hall–Kier alpha value is -3.92. The van der Waals surface area contributed by atoms with E-state index >= 15 is 0 Å². The number of rotatable bonds is 14. The second kappa shape index (κ2) is 20.9. The molecule has 0 saturated carbocycles. The normalized spacial score (nSPS) is 11.5. The van der Waals surface area contributed by atoms with Crippen molar-refractivity contribution >= 4 is 29.8 Å². The third-order valence-electron chi connectivity index (χ3n) is 5.26. The molecule has 0 saturated heterocycles. The fourth-order valence-electron chi connectivity index (χ4n) is 3.23. The van der Waals surface area contributed by atoms with Gasteiger partial charge in [0.2, 0.25) is 5.88 Å². The molecule has 0 amide bonds. The lowest BCUT2D eigenvalue weighted by Crippen LogP contribution is -2.33. The summed E-state index contributed by atoms with van der Waals surface area (Å²) in [7, 11) is 0. The number of aromatic hydroxyl groups is 1. The van der Waals surface area contributed by atoms with Gasteiger partial charge >= 0.3 is 0 Å². The summed E-state index contributed by atoms with van der Waals surface area (Å²) in [5.74, 6) is 0.208. The third-order valence-corrected chi connectivity index (χ3v) is 6.30. The third kappa shape index (κ3) is 15.8. The second-order valence-electron chi connectivity index (χ2n) is 10.1. The molecule has 1 aromatic heterocycles. The number of nitrogen functional groups attached to an aromatic ring is 2. The first-order valence-electron chi connectivity index (χ1n) is 13.8. The molecule has 0 fully saturated rings. The maximum atomic E-state index is 11.8. The Labute approximate surface area is 259 Å². The Morgan fingerprint density at radius 1 is 1.16 bits per heavy atom. The van der Waals surface area contributed by atoms with Crippen molar-refractivity contribution in [2.75, 3.05) is 24.6 Å². The Morgan fingerprint density at radius 2 is 1.72 bits per heavy atom. The van der Waals surface area contributed by atoms with Crippen molar-refractivity contribution in [1.82, 2.24) is 8.87 Å². The van der Waals surface area contributed by atoms with Gasteiger partial charge in [-0.25, -0.2) is 4.31 Å². The molecule has 2 rings (SSSR count). The largest absolute Gasteiger partial charge is 0.493 e. The molecule has 5 N–H and O–H groups in total. The molecule has 0 aliphatic rings. The maximum Gasteiger partial charge on any atom is 0.293 e. The number of unbranched alkanes of at least 4 members (excludes halogenated alkanes) is 1. The number of hydrogen-bond acceptors (Lipinski definition) is 11. The van der Waals surface area contributed by atoms with Crippen LogP contribution < -0.4 is 17.0 Å². The van der Waals surface area contributed by atoms with Crippen LogP contribution in [0, 0.1) is 18.3 Å². The van der Waals surface area contributed by atoms with E-state index in [2.05, 4.69) is 13.2 Å². The van der Waals surface area contributed by atoms with Gasteiger partial charge in [0.1, 0.15) is 35.3 Å². The molecule has 0 radical (unpaired) electrons. The Morgan fingerprint density at radius 3 is 2.21 bits per heavy atom. The molecule has 0 aliphatic heterocycles. The number of pyridine rings is 1. The van der Waals surface area contributed by atoms with Crippen molar-refractivity contribution in [3.8, 4) is 11.9 Å². The van der Waals surface area contributed by atoms with Crippen molar-refractivity contribution in [2.24, 2.45) is 0 Å². The van der Waals surface area contributed by atoms with Gasteiger partial charge in [-0.3, -0.25) is 14.2 Å². The van der Waals surface area contributed by atoms with Crippen LogP contribution in [0.2, 0.25) is 0 Å². The van der Waals surface area contributed by atoms with Crippen LogP contribution in [0.5, 0.6) is 5.88 Å². The first-order valence-corrected chi connectivity index (χ1v) is 14.6. The minimum absolute atomic E-state index is 0.0328. The van der Waals surface area contributed by atoms with E-state index in [1.807, 2.05) is 69.3 Å². The number of nitriles is 1. The van der Waals surface area contributed by atoms with Gasteiger partial charge in [0.15, 0.2) is 0 Å². The number of hydrogen-bond donors (Lipinski definition) is 3. The van der Waals surface area contributed by atoms with E-state index in [0.29, 0.717) is 43.1 Å². The number of nitrogens with zero attached hydrogens (tertiary/aromatic N) is 3. The summed E-state index contributed by atoms with van der Waals surface area (Å²) < 4.78 is 8.17. The van der Waals surface area contributed by atoms with Crippen LogP contribution in [-0.2, 0) is 25.9 Å². The van der Waals surface area contributed by atoms with E-state index in [1.54, 1.807) is 13.8 Å². The van der Waals surface area contributed by atoms with Gasteiger partial charge in [-0.15, -0.1) is 6.58 Å². The van der Waals surface area contributed by atoms with Crippen LogP contribution in [0.25, 0.3) is 0 Å². The summed E-state index contributed by atoms with van der Waals surface area (Å²) in [6, 6.07) is 9.42. The standard InChI is InChI=1S/C16H24N2O4S.C11H15N3O2.C4H8/c1-12(2)21-22-14(4)10-18(9-13(3)20-11-19)23-16-7-5-15(17)6-8-16;1-3-4-5-14-10(15)8(6-12)7(2)9(13)11(14)16;1-4(2)3/h5-8,11,13-14H,1,9-10,17H2,2-4H3;15H,3-5,13H2,1-2H3;1H2,2-3H3. The van der Waals surface area contributed by atoms with E-state index in [1.165, 1.54) is 17.5 Å². The first-order chi connectivity index (χ1) is 20.2. The highest BCUT2D eigenvalue weighted by Gasteiger charge is 2.18. The molecule has 2 aromatic rings. The van der Waals surface area contributed by atoms with Crippen molar-refractivity contribution in [1.29, 1.82) is 5.26 Å². The summed E-state index contributed by atoms with van der Waals surface area (Å²) in [5, 5.41) is 18.7. The molecule has 1 aromatic carbocycles. The fraction of sp³-hybridized carbons (Fsp3) is 0.452. The molecule has 238 valence electrons. The lowest BCUT2D eigenvalue weighted by atomic mass is 10.1. The number of ether oxygens (including phenoxy) is 1. The SMILES string of the molecule is C=C(C)C.C=C(C)OOC(C)CN(CC(C)OC=O)Sc1ccc(N)cc1.CCCCn1c(O)c(C#N)c(C)c(N)c1=O. The van der Waals surface area contributed by atoms with E-state index in [4.69, 9.17) is 31.2 Å². The van der Waals surface area contributed by atoms with Crippen LogP contribution in [0.4, 0.5) is 11.4 Å². The van der Waals surface area contributed by atoms with E-state index in [-0.39, 0.29) is 29.3 Å². The average molecular weight is 618 g/mol. The molecular formula is C31H47N5O6S. The highest BCUT2D eigenvalue weighted by atomic mass is 32.2. The number of nitrogens with two attached hydrogens (primary N) is 2. The minimum Gasteiger partial charge on any atom is -0.493 e. The molecule has 0 aliphatic carbocycles. The molecule has 1 heterocycles. The van der Waals surface area contributed by atoms with Crippen LogP contribution in [0.15, 0.2) is 58.4 Å². The monoisotopic (exact) mass is 617 g/mol. The van der Waals surface area contributed by atoms with Gasteiger partial charge in [-0.05, 0) is 84.2 Å². The Bertz CT molecular complexity index is 1270. The lowest BCUT2D eigenvalue weighted by Gasteiger charge is -2.26.